The highest BCUT2D eigenvalue weighted by Crippen LogP contribution is 2.37. The van der Waals surface area contributed by atoms with Crippen LogP contribution >= 0.6 is 15.9 Å². The van der Waals surface area contributed by atoms with E-state index in [0.717, 1.165) is 6.07 Å². The summed E-state index contributed by atoms with van der Waals surface area (Å²) >= 11 is 3.04. The molecule has 0 spiro atoms. The van der Waals surface area contributed by atoms with Crippen LogP contribution < -0.4 is 10.2 Å². The first-order valence-corrected chi connectivity index (χ1v) is 8.81. The number of hydrogen-bond donors (Lipinski definition) is 1. The Kier molecular flexibility index (Phi) is 5.22. The summed E-state index contributed by atoms with van der Waals surface area (Å²) in [4.78, 5) is 17.9. The van der Waals surface area contributed by atoms with E-state index >= 15 is 0 Å². The van der Waals surface area contributed by atoms with Crippen LogP contribution in [0.2, 0.25) is 0 Å². The van der Waals surface area contributed by atoms with Crippen molar-refractivity contribution in [2.75, 3.05) is 18.0 Å². The summed E-state index contributed by atoms with van der Waals surface area (Å²) in [7, 11) is 1.66. The van der Waals surface area contributed by atoms with E-state index in [1.807, 2.05) is 0 Å². The Morgan fingerprint density at radius 3 is 2.85 bits per heavy atom. The molecule has 0 aliphatic carbocycles. The molecule has 0 aromatic carbocycles. The lowest BCUT2D eigenvalue weighted by atomic mass is 10.0. The Bertz CT molecular complexity index is 807. The zero-order valence-corrected chi connectivity index (χ0v) is 15.5. The van der Waals surface area contributed by atoms with Gasteiger partial charge in [-0.15, -0.1) is 0 Å². The minimum Gasteiger partial charge on any atom is -0.354 e. The number of carbonyl (C=O) groups excluding carboxylic acids is 1. The molecule has 1 unspecified atom stereocenters. The molecule has 6 nitrogen and oxygen atoms in total. The predicted molar refractivity (Wildman–Crippen MR) is 92.8 cm³/mol. The van der Waals surface area contributed by atoms with Crippen molar-refractivity contribution in [3.63, 3.8) is 0 Å². The fraction of sp³-hybridized carbons (Fsp3) is 0.438. The number of piperidine rings is 1. The second-order valence-electron chi connectivity index (χ2n) is 6.12. The first kappa shape index (κ1) is 18.7. The maximum atomic E-state index is 13.4. The summed E-state index contributed by atoms with van der Waals surface area (Å²) in [5.74, 6) is -0.406. The molecule has 3 rings (SSSR count). The Morgan fingerprint density at radius 2 is 2.19 bits per heavy atom. The second-order valence-corrected chi connectivity index (χ2v) is 7.04. The molecule has 1 atom stereocenters. The van der Waals surface area contributed by atoms with Crippen LogP contribution in [0.15, 0.2) is 29.0 Å². The molecule has 1 amide bonds. The number of carbonyl (C=O) groups is 1. The van der Waals surface area contributed by atoms with Crippen molar-refractivity contribution in [3.05, 3.63) is 40.3 Å². The van der Waals surface area contributed by atoms with Gasteiger partial charge in [-0.3, -0.25) is 9.48 Å². The van der Waals surface area contributed by atoms with Gasteiger partial charge in [-0.2, -0.15) is 18.3 Å². The number of nitrogens with zero attached hydrogens (tertiary/aromatic N) is 4. The fourth-order valence-corrected chi connectivity index (χ4v) is 3.37. The molecular formula is C16H17BrF3N5O. The number of halogens is 4. The lowest BCUT2D eigenvalue weighted by Gasteiger charge is -2.35. The van der Waals surface area contributed by atoms with Gasteiger partial charge in [-0.1, -0.05) is 0 Å². The molecule has 3 heterocycles. The zero-order chi connectivity index (χ0) is 18.9. The number of aryl methyl sites for hydroxylation is 1. The van der Waals surface area contributed by atoms with Crippen molar-refractivity contribution in [2.45, 2.75) is 25.1 Å². The van der Waals surface area contributed by atoms with Crippen LogP contribution in [0.25, 0.3) is 0 Å². The van der Waals surface area contributed by atoms with E-state index in [2.05, 4.69) is 31.3 Å². The Morgan fingerprint density at radius 1 is 1.42 bits per heavy atom. The molecule has 26 heavy (non-hydrogen) atoms. The average Bonchev–Trinajstić information content (AvgIpc) is 3.00. The topological polar surface area (TPSA) is 63.1 Å². The summed E-state index contributed by atoms with van der Waals surface area (Å²) in [6.45, 7) is 0.719. The van der Waals surface area contributed by atoms with Gasteiger partial charge in [0.05, 0.1) is 5.56 Å². The molecule has 2 aromatic rings. The molecular weight excluding hydrogens is 415 g/mol. The summed E-state index contributed by atoms with van der Waals surface area (Å²) in [5, 5.41) is 6.82. The standard InChI is InChI=1S/C16H17BrF3N5O/c1-24-13(4-5-22-24)15(26)23-11-3-2-6-25(9-11)14-12(16(18,19)20)7-10(17)8-21-14/h4-5,7-8,11H,2-3,6,9H2,1H3,(H,23,26). The normalized spacial score (nSPS) is 18.0. The number of rotatable bonds is 3. The van der Waals surface area contributed by atoms with Crippen LogP contribution in [-0.2, 0) is 13.2 Å². The van der Waals surface area contributed by atoms with E-state index in [0.29, 0.717) is 25.1 Å². The predicted octanol–water partition coefficient (Wildman–Crippen LogP) is 3.00. The summed E-state index contributed by atoms with van der Waals surface area (Å²) in [5.41, 5.74) is -0.384. The van der Waals surface area contributed by atoms with E-state index in [-0.39, 0.29) is 28.8 Å². The van der Waals surface area contributed by atoms with Gasteiger partial charge >= 0.3 is 6.18 Å². The zero-order valence-electron chi connectivity index (χ0n) is 13.9. The van der Waals surface area contributed by atoms with Gasteiger partial charge in [0, 0.05) is 43.0 Å². The number of hydrogen-bond acceptors (Lipinski definition) is 4. The van der Waals surface area contributed by atoms with Crippen LogP contribution in [0, 0.1) is 0 Å². The maximum Gasteiger partial charge on any atom is 0.419 e. The van der Waals surface area contributed by atoms with E-state index in [1.54, 1.807) is 18.0 Å². The van der Waals surface area contributed by atoms with Crippen molar-refractivity contribution in [2.24, 2.45) is 7.05 Å². The van der Waals surface area contributed by atoms with Crippen molar-refractivity contribution in [1.29, 1.82) is 0 Å². The molecule has 10 heteroatoms. The molecule has 140 valence electrons. The molecule has 2 aromatic heterocycles. The monoisotopic (exact) mass is 431 g/mol. The van der Waals surface area contributed by atoms with E-state index < -0.39 is 11.7 Å². The molecule has 0 saturated carbocycles. The molecule has 1 N–H and O–H groups in total. The molecule has 1 aliphatic heterocycles. The van der Waals surface area contributed by atoms with E-state index in [9.17, 15) is 18.0 Å². The lowest BCUT2D eigenvalue weighted by molar-refractivity contribution is -0.137. The number of amides is 1. The Balaban J connectivity index is 1.77. The van der Waals surface area contributed by atoms with E-state index in [1.165, 1.54) is 17.1 Å². The molecule has 1 fully saturated rings. The molecule has 1 aliphatic rings. The highest BCUT2D eigenvalue weighted by Gasteiger charge is 2.37. The highest BCUT2D eigenvalue weighted by atomic mass is 79.9. The fourth-order valence-electron chi connectivity index (χ4n) is 3.04. The van der Waals surface area contributed by atoms with Gasteiger partial charge < -0.3 is 10.2 Å². The molecule has 1 saturated heterocycles. The minimum atomic E-state index is -4.50. The number of aromatic nitrogens is 3. The van der Waals surface area contributed by atoms with Crippen LogP contribution in [0.3, 0.4) is 0 Å². The van der Waals surface area contributed by atoms with Crippen LogP contribution in [-0.4, -0.2) is 39.8 Å². The molecule has 0 bridgehead atoms. The highest BCUT2D eigenvalue weighted by molar-refractivity contribution is 9.10. The SMILES string of the molecule is Cn1nccc1C(=O)NC1CCCN(c2ncc(Br)cc2C(F)(F)F)C1. The van der Waals surface area contributed by atoms with Crippen molar-refractivity contribution in [1.82, 2.24) is 20.1 Å². The van der Waals surface area contributed by atoms with Gasteiger partial charge in [0.2, 0.25) is 0 Å². The first-order valence-electron chi connectivity index (χ1n) is 8.02. The third kappa shape index (κ3) is 4.00. The quantitative estimate of drug-likeness (QED) is 0.811. The second kappa shape index (κ2) is 7.26. The largest absolute Gasteiger partial charge is 0.419 e. The van der Waals surface area contributed by atoms with Gasteiger partial charge in [0.25, 0.3) is 5.91 Å². The van der Waals surface area contributed by atoms with Crippen LogP contribution in [0.5, 0.6) is 0 Å². The summed E-state index contributed by atoms with van der Waals surface area (Å²) in [6.07, 6.45) is -0.286. The van der Waals surface area contributed by atoms with Crippen molar-refractivity contribution in [3.8, 4) is 0 Å². The Hall–Kier alpha value is -2.10. The van der Waals surface area contributed by atoms with Crippen LogP contribution in [0.4, 0.5) is 19.0 Å². The van der Waals surface area contributed by atoms with Gasteiger partial charge in [-0.25, -0.2) is 4.98 Å². The first-order chi connectivity index (χ1) is 12.3. The maximum absolute atomic E-state index is 13.4. The Labute approximate surface area is 156 Å². The summed E-state index contributed by atoms with van der Waals surface area (Å²) in [6, 6.07) is 2.35. The minimum absolute atomic E-state index is 0.111. The smallest absolute Gasteiger partial charge is 0.354 e. The van der Waals surface area contributed by atoms with Crippen molar-refractivity contribution >= 4 is 27.7 Å². The number of alkyl halides is 3. The number of nitrogens with one attached hydrogen (secondary N) is 1. The van der Waals surface area contributed by atoms with Crippen LogP contribution in [0.1, 0.15) is 28.9 Å². The third-order valence-corrected chi connectivity index (χ3v) is 4.68. The third-order valence-electron chi connectivity index (χ3n) is 4.25. The number of pyridine rings is 1. The summed E-state index contributed by atoms with van der Waals surface area (Å²) < 4.78 is 41.8. The van der Waals surface area contributed by atoms with Gasteiger partial charge in [0.1, 0.15) is 11.5 Å². The van der Waals surface area contributed by atoms with Gasteiger partial charge in [0.15, 0.2) is 0 Å². The molecule has 0 radical (unpaired) electrons. The van der Waals surface area contributed by atoms with E-state index in [4.69, 9.17) is 0 Å². The number of anilines is 1. The van der Waals surface area contributed by atoms with Gasteiger partial charge in [-0.05, 0) is 40.9 Å². The van der Waals surface area contributed by atoms with Crippen molar-refractivity contribution < 1.29 is 18.0 Å². The average molecular weight is 432 g/mol. The lowest BCUT2D eigenvalue weighted by Crippen LogP contribution is -2.48.